The van der Waals surface area contributed by atoms with Gasteiger partial charge in [0.1, 0.15) is 0 Å². The molecule has 1 fully saturated rings. The Morgan fingerprint density at radius 1 is 1.37 bits per heavy atom. The van der Waals surface area contributed by atoms with Crippen LogP contribution in [-0.4, -0.2) is 30.8 Å². The van der Waals surface area contributed by atoms with Crippen molar-refractivity contribution in [1.29, 1.82) is 0 Å². The zero-order chi connectivity index (χ0) is 13.9. The second-order valence-corrected chi connectivity index (χ2v) is 6.56. The highest BCUT2D eigenvalue weighted by atomic mass is 32.2. The predicted octanol–water partition coefficient (Wildman–Crippen LogP) is 0.736. The molecule has 0 aromatic carbocycles. The fourth-order valence-corrected chi connectivity index (χ4v) is 2.70. The van der Waals surface area contributed by atoms with Crippen LogP contribution in [-0.2, 0) is 21.2 Å². The minimum Gasteiger partial charge on any atom is -0.425 e. The lowest BCUT2D eigenvalue weighted by Crippen LogP contribution is -2.29. The minimum absolute atomic E-state index is 0.0133. The number of amides is 1. The Labute approximate surface area is 111 Å². The van der Waals surface area contributed by atoms with Gasteiger partial charge >= 0.3 is 0 Å². The van der Waals surface area contributed by atoms with E-state index in [1.807, 2.05) is 4.72 Å². The van der Waals surface area contributed by atoms with Gasteiger partial charge in [0.25, 0.3) is 0 Å². The third kappa shape index (κ3) is 4.30. The number of aryl methyl sites for hydroxylation is 1. The summed E-state index contributed by atoms with van der Waals surface area (Å²) in [5.41, 5.74) is 0. The number of sulfonamides is 1. The van der Waals surface area contributed by atoms with E-state index in [0.717, 1.165) is 19.1 Å². The lowest BCUT2D eigenvalue weighted by atomic mass is 10.1. The van der Waals surface area contributed by atoms with Crippen LogP contribution >= 0.6 is 0 Å². The average Bonchev–Trinajstić information content (AvgIpc) is 2.95. The molecule has 1 aromatic rings. The highest BCUT2D eigenvalue weighted by molar-refractivity contribution is 7.89. The Morgan fingerprint density at radius 2 is 2.05 bits per heavy atom. The first-order chi connectivity index (χ1) is 8.94. The summed E-state index contributed by atoms with van der Waals surface area (Å²) >= 11 is 0. The van der Waals surface area contributed by atoms with Gasteiger partial charge in [-0.15, -0.1) is 10.2 Å². The van der Waals surface area contributed by atoms with Crippen LogP contribution in [0.4, 0.5) is 0 Å². The lowest BCUT2D eigenvalue weighted by Gasteiger charge is -2.01. The average molecular weight is 287 g/mol. The van der Waals surface area contributed by atoms with Crippen molar-refractivity contribution < 1.29 is 17.6 Å². The monoisotopic (exact) mass is 287 g/mol. The number of nitrogens with one attached hydrogen (secondary N) is 1. The molecule has 1 N–H and O–H groups in total. The second-order valence-electron chi connectivity index (χ2n) is 4.81. The number of carbonyl (C=O) groups excluding carboxylic acids is 1. The van der Waals surface area contributed by atoms with Crippen LogP contribution in [0.5, 0.6) is 0 Å². The summed E-state index contributed by atoms with van der Waals surface area (Å²) in [6.45, 7) is 0. The van der Waals surface area contributed by atoms with Crippen molar-refractivity contribution in [2.24, 2.45) is 0 Å². The van der Waals surface area contributed by atoms with E-state index < -0.39 is 15.9 Å². The molecule has 1 aliphatic carbocycles. The highest BCUT2D eigenvalue weighted by Gasteiger charge is 2.22. The van der Waals surface area contributed by atoms with E-state index in [4.69, 9.17) is 4.42 Å². The fourth-order valence-electron chi connectivity index (χ4n) is 2.18. The molecule has 0 bridgehead atoms. The van der Waals surface area contributed by atoms with Crippen LogP contribution in [0.1, 0.15) is 49.8 Å². The van der Waals surface area contributed by atoms with Crippen LogP contribution in [0.15, 0.2) is 4.42 Å². The van der Waals surface area contributed by atoms with E-state index in [2.05, 4.69) is 10.2 Å². The van der Waals surface area contributed by atoms with Gasteiger partial charge in [-0.25, -0.2) is 8.42 Å². The van der Waals surface area contributed by atoms with E-state index in [0.29, 0.717) is 17.7 Å². The smallest absolute Gasteiger partial charge is 0.233 e. The molecule has 0 unspecified atom stereocenters. The molecule has 1 aromatic heterocycles. The summed E-state index contributed by atoms with van der Waals surface area (Å²) in [5.74, 6) is 0.788. The lowest BCUT2D eigenvalue weighted by molar-refractivity contribution is -0.119. The van der Waals surface area contributed by atoms with Gasteiger partial charge < -0.3 is 4.42 Å². The molecule has 19 heavy (non-hydrogen) atoms. The summed E-state index contributed by atoms with van der Waals surface area (Å²) in [4.78, 5) is 11.3. The molecule has 1 aliphatic rings. The van der Waals surface area contributed by atoms with Gasteiger partial charge in [-0.2, -0.15) is 0 Å². The van der Waals surface area contributed by atoms with Crippen molar-refractivity contribution >= 4 is 15.9 Å². The van der Waals surface area contributed by atoms with Crippen molar-refractivity contribution in [2.75, 3.05) is 6.26 Å². The van der Waals surface area contributed by atoms with Crippen LogP contribution in [0, 0.1) is 0 Å². The topological polar surface area (TPSA) is 102 Å². The molecule has 1 amide bonds. The van der Waals surface area contributed by atoms with Gasteiger partial charge in [0.15, 0.2) is 0 Å². The van der Waals surface area contributed by atoms with Crippen LogP contribution in [0.25, 0.3) is 0 Å². The third-order valence-electron chi connectivity index (χ3n) is 3.05. The van der Waals surface area contributed by atoms with Crippen LogP contribution in [0.3, 0.4) is 0 Å². The largest absolute Gasteiger partial charge is 0.425 e. The molecule has 7 nitrogen and oxygen atoms in total. The molecule has 0 aliphatic heterocycles. The van der Waals surface area contributed by atoms with Crippen molar-refractivity contribution in [3.63, 3.8) is 0 Å². The minimum atomic E-state index is -3.50. The summed E-state index contributed by atoms with van der Waals surface area (Å²) in [6.07, 6.45) is 5.70. The van der Waals surface area contributed by atoms with E-state index in [1.165, 1.54) is 12.8 Å². The quantitative estimate of drug-likeness (QED) is 0.856. The molecule has 0 saturated heterocycles. The molecule has 0 radical (unpaired) electrons. The zero-order valence-corrected chi connectivity index (χ0v) is 11.6. The fraction of sp³-hybridized carbons (Fsp3) is 0.727. The van der Waals surface area contributed by atoms with Gasteiger partial charge in [0.2, 0.25) is 27.7 Å². The van der Waals surface area contributed by atoms with Crippen molar-refractivity contribution in [1.82, 2.24) is 14.9 Å². The van der Waals surface area contributed by atoms with Crippen molar-refractivity contribution in [3.8, 4) is 0 Å². The maximum Gasteiger partial charge on any atom is 0.233 e. The Morgan fingerprint density at radius 3 is 2.68 bits per heavy atom. The zero-order valence-electron chi connectivity index (χ0n) is 10.8. The molecule has 2 rings (SSSR count). The summed E-state index contributed by atoms with van der Waals surface area (Å²) in [6, 6.07) is 0. The number of aromatic nitrogens is 2. The van der Waals surface area contributed by atoms with Gasteiger partial charge in [0.05, 0.1) is 6.26 Å². The molecular formula is C11H17N3O4S. The maximum absolute atomic E-state index is 11.3. The normalized spacial score (nSPS) is 16.7. The second kappa shape index (κ2) is 5.68. The molecule has 1 heterocycles. The number of hydrogen-bond acceptors (Lipinski definition) is 6. The number of rotatable bonds is 5. The Kier molecular flexibility index (Phi) is 4.18. The summed E-state index contributed by atoms with van der Waals surface area (Å²) in [5, 5.41) is 7.87. The molecular weight excluding hydrogens is 270 g/mol. The molecule has 1 saturated carbocycles. The maximum atomic E-state index is 11.3. The molecule has 8 heteroatoms. The molecule has 106 valence electrons. The van der Waals surface area contributed by atoms with E-state index in [-0.39, 0.29) is 12.8 Å². The van der Waals surface area contributed by atoms with Crippen LogP contribution in [0.2, 0.25) is 0 Å². The first-order valence-corrected chi connectivity index (χ1v) is 8.16. The number of nitrogens with zero attached hydrogens (tertiary/aromatic N) is 2. The highest BCUT2D eigenvalue weighted by Crippen LogP contribution is 2.33. The standard InChI is InChI=1S/C11H17N3O4S/c1-19(16,17)14-9(15)6-7-10-12-13-11(18-10)8-4-2-3-5-8/h8H,2-7H2,1H3,(H,14,15). The SMILES string of the molecule is CS(=O)(=O)NC(=O)CCc1nnc(C2CCCC2)o1. The summed E-state index contributed by atoms with van der Waals surface area (Å²) < 4.78 is 29.1. The number of hydrogen-bond donors (Lipinski definition) is 1. The Balaban J connectivity index is 1.85. The van der Waals surface area contributed by atoms with Gasteiger partial charge in [-0.3, -0.25) is 9.52 Å². The number of carbonyl (C=O) groups is 1. The first kappa shape index (κ1) is 14.0. The molecule has 0 atom stereocenters. The van der Waals surface area contributed by atoms with Gasteiger partial charge in [0, 0.05) is 18.8 Å². The molecule has 0 spiro atoms. The Hall–Kier alpha value is -1.44. The van der Waals surface area contributed by atoms with E-state index in [9.17, 15) is 13.2 Å². The van der Waals surface area contributed by atoms with Crippen molar-refractivity contribution in [2.45, 2.75) is 44.4 Å². The third-order valence-corrected chi connectivity index (χ3v) is 3.65. The van der Waals surface area contributed by atoms with E-state index in [1.54, 1.807) is 0 Å². The van der Waals surface area contributed by atoms with Gasteiger partial charge in [-0.05, 0) is 12.8 Å². The predicted molar refractivity (Wildman–Crippen MR) is 66.8 cm³/mol. The van der Waals surface area contributed by atoms with E-state index >= 15 is 0 Å². The van der Waals surface area contributed by atoms with Crippen LogP contribution < -0.4 is 4.72 Å². The Bertz CT molecular complexity index is 546. The van der Waals surface area contributed by atoms with Crippen molar-refractivity contribution in [3.05, 3.63) is 11.8 Å². The first-order valence-electron chi connectivity index (χ1n) is 6.27. The van der Waals surface area contributed by atoms with Gasteiger partial charge in [-0.1, -0.05) is 12.8 Å². The summed E-state index contributed by atoms with van der Waals surface area (Å²) in [7, 11) is -3.50.